The lowest BCUT2D eigenvalue weighted by Crippen LogP contribution is -2.30. The number of hydrogen-bond donors (Lipinski definition) is 1. The van der Waals surface area contributed by atoms with E-state index in [0.717, 1.165) is 5.56 Å². The molecule has 1 aromatic carbocycles. The molecule has 0 spiro atoms. The highest BCUT2D eigenvalue weighted by Crippen LogP contribution is 2.00. The van der Waals surface area contributed by atoms with Gasteiger partial charge in [-0.2, -0.15) is 0 Å². The van der Waals surface area contributed by atoms with Crippen LogP contribution in [0.15, 0.2) is 30.3 Å². The van der Waals surface area contributed by atoms with Gasteiger partial charge in [-0.05, 0) is 12.5 Å². The summed E-state index contributed by atoms with van der Waals surface area (Å²) in [6.07, 6.45) is 0. The molecule has 1 N–H and O–H groups in total. The highest BCUT2D eigenvalue weighted by Gasteiger charge is 2.05. The predicted molar refractivity (Wildman–Crippen MR) is 65.7 cm³/mol. The fourth-order valence-electron chi connectivity index (χ4n) is 1.27. The minimum absolute atomic E-state index is 0.00821. The first-order valence-electron chi connectivity index (χ1n) is 5.78. The van der Waals surface area contributed by atoms with E-state index in [4.69, 9.17) is 9.47 Å². The van der Waals surface area contributed by atoms with E-state index in [1.807, 2.05) is 30.3 Å². The van der Waals surface area contributed by atoms with E-state index in [0.29, 0.717) is 6.61 Å². The number of esters is 2. The Morgan fingerprint density at radius 2 is 1.67 bits per heavy atom. The summed E-state index contributed by atoms with van der Waals surface area (Å²) in [5, 5.41) is 2.66. The van der Waals surface area contributed by atoms with Gasteiger partial charge in [-0.25, -0.2) is 0 Å². The Hall–Kier alpha value is -1.88. The van der Waals surface area contributed by atoms with E-state index in [1.165, 1.54) is 0 Å². The largest absolute Gasteiger partial charge is 0.465 e. The molecule has 0 atom stereocenters. The van der Waals surface area contributed by atoms with Crippen LogP contribution in [0.1, 0.15) is 12.5 Å². The minimum atomic E-state index is -0.400. The van der Waals surface area contributed by atoms with Gasteiger partial charge in [-0.1, -0.05) is 30.3 Å². The molecule has 5 heteroatoms. The van der Waals surface area contributed by atoms with E-state index in [9.17, 15) is 9.59 Å². The molecule has 0 aliphatic rings. The van der Waals surface area contributed by atoms with Gasteiger partial charge in [0.15, 0.2) is 0 Å². The number of rotatable bonds is 7. The zero-order valence-corrected chi connectivity index (χ0v) is 10.3. The van der Waals surface area contributed by atoms with E-state index < -0.39 is 5.97 Å². The molecule has 0 radical (unpaired) electrons. The van der Waals surface area contributed by atoms with Crippen molar-refractivity contribution in [1.82, 2.24) is 5.32 Å². The summed E-state index contributed by atoms with van der Waals surface area (Å²) < 4.78 is 9.72. The molecule has 0 unspecified atom stereocenters. The van der Waals surface area contributed by atoms with E-state index in [1.54, 1.807) is 6.92 Å². The van der Waals surface area contributed by atoms with Crippen LogP contribution in [0, 0.1) is 0 Å². The highest BCUT2D eigenvalue weighted by molar-refractivity contribution is 5.74. The van der Waals surface area contributed by atoms with Crippen LogP contribution in [0.3, 0.4) is 0 Å². The average molecular weight is 251 g/mol. The molecule has 1 aromatic rings. The molecule has 0 saturated carbocycles. The van der Waals surface area contributed by atoms with Crippen LogP contribution in [0.25, 0.3) is 0 Å². The maximum atomic E-state index is 11.3. The van der Waals surface area contributed by atoms with Gasteiger partial charge in [0.05, 0.1) is 19.7 Å². The van der Waals surface area contributed by atoms with Crippen LogP contribution >= 0.6 is 0 Å². The summed E-state index contributed by atoms with van der Waals surface area (Å²) in [5.74, 6) is -0.781. The van der Waals surface area contributed by atoms with E-state index in [-0.39, 0.29) is 25.7 Å². The van der Waals surface area contributed by atoms with E-state index in [2.05, 4.69) is 5.32 Å². The Balaban J connectivity index is 2.13. The molecule has 0 bridgehead atoms. The molecule has 0 amide bonds. The molecule has 0 aliphatic carbocycles. The van der Waals surface area contributed by atoms with Gasteiger partial charge in [-0.3, -0.25) is 14.9 Å². The van der Waals surface area contributed by atoms with E-state index >= 15 is 0 Å². The number of hydrogen-bond acceptors (Lipinski definition) is 5. The third-order valence-corrected chi connectivity index (χ3v) is 2.09. The van der Waals surface area contributed by atoms with Crippen molar-refractivity contribution in [3.05, 3.63) is 35.9 Å². The number of ether oxygens (including phenoxy) is 2. The summed E-state index contributed by atoms with van der Waals surface area (Å²) in [4.78, 5) is 22.3. The summed E-state index contributed by atoms with van der Waals surface area (Å²) in [6, 6.07) is 9.40. The van der Waals surface area contributed by atoms with Crippen LogP contribution in [0.5, 0.6) is 0 Å². The monoisotopic (exact) mass is 251 g/mol. The van der Waals surface area contributed by atoms with Gasteiger partial charge in [0.2, 0.25) is 0 Å². The number of benzene rings is 1. The van der Waals surface area contributed by atoms with Gasteiger partial charge in [0, 0.05) is 0 Å². The fraction of sp³-hybridized carbons (Fsp3) is 0.385. The molecular formula is C13H17NO4. The highest BCUT2D eigenvalue weighted by atomic mass is 16.5. The van der Waals surface area contributed by atoms with Crippen molar-refractivity contribution >= 4 is 11.9 Å². The molecule has 0 saturated heterocycles. The summed E-state index contributed by atoms with van der Waals surface area (Å²) in [5.41, 5.74) is 0.927. The van der Waals surface area contributed by atoms with Crippen molar-refractivity contribution in [2.24, 2.45) is 0 Å². The fourth-order valence-corrected chi connectivity index (χ4v) is 1.27. The lowest BCUT2D eigenvalue weighted by Gasteiger charge is -2.06. The van der Waals surface area contributed by atoms with Gasteiger partial charge >= 0.3 is 11.9 Å². The van der Waals surface area contributed by atoms with Gasteiger partial charge in [-0.15, -0.1) is 0 Å². The zero-order chi connectivity index (χ0) is 13.2. The first-order chi connectivity index (χ1) is 8.72. The Labute approximate surface area is 106 Å². The molecule has 98 valence electrons. The Kier molecular flexibility index (Phi) is 6.50. The second-order valence-corrected chi connectivity index (χ2v) is 3.55. The first kappa shape index (κ1) is 14.2. The van der Waals surface area contributed by atoms with Crippen molar-refractivity contribution in [2.45, 2.75) is 13.5 Å². The molecule has 0 heterocycles. The zero-order valence-electron chi connectivity index (χ0n) is 10.3. The first-order valence-corrected chi connectivity index (χ1v) is 5.78. The minimum Gasteiger partial charge on any atom is -0.465 e. The molecule has 0 aromatic heterocycles. The quantitative estimate of drug-likeness (QED) is 0.729. The van der Waals surface area contributed by atoms with Crippen LogP contribution in [0.4, 0.5) is 0 Å². The Bertz CT molecular complexity index is 378. The molecule has 18 heavy (non-hydrogen) atoms. The molecule has 1 rings (SSSR count). The maximum Gasteiger partial charge on any atom is 0.320 e. The molecule has 5 nitrogen and oxygen atoms in total. The number of nitrogens with one attached hydrogen (secondary N) is 1. The maximum absolute atomic E-state index is 11.3. The molecule has 0 fully saturated rings. The van der Waals surface area contributed by atoms with Gasteiger partial charge in [0.1, 0.15) is 6.61 Å². The van der Waals surface area contributed by atoms with Gasteiger partial charge in [0.25, 0.3) is 0 Å². The molecular weight excluding hydrogens is 234 g/mol. The van der Waals surface area contributed by atoms with Crippen LogP contribution in [0.2, 0.25) is 0 Å². The van der Waals surface area contributed by atoms with Crippen LogP contribution in [-0.2, 0) is 25.7 Å². The normalized spacial score (nSPS) is 9.83. The molecule has 0 aliphatic heterocycles. The van der Waals surface area contributed by atoms with Crippen molar-refractivity contribution in [3.63, 3.8) is 0 Å². The van der Waals surface area contributed by atoms with Gasteiger partial charge < -0.3 is 9.47 Å². The third kappa shape index (κ3) is 6.00. The van der Waals surface area contributed by atoms with Crippen LogP contribution in [-0.4, -0.2) is 31.6 Å². The van der Waals surface area contributed by atoms with Crippen molar-refractivity contribution in [2.75, 3.05) is 19.7 Å². The SMILES string of the molecule is CCOC(=O)CNCC(=O)OCc1ccccc1. The average Bonchev–Trinajstić information content (AvgIpc) is 2.38. The Morgan fingerprint density at radius 1 is 1.06 bits per heavy atom. The predicted octanol–water partition coefficient (Wildman–Crippen LogP) is 0.882. The summed E-state index contributed by atoms with van der Waals surface area (Å²) in [7, 11) is 0. The Morgan fingerprint density at radius 3 is 2.28 bits per heavy atom. The lowest BCUT2D eigenvalue weighted by atomic mass is 10.2. The summed E-state index contributed by atoms with van der Waals surface area (Å²) >= 11 is 0. The second kappa shape index (κ2) is 8.25. The van der Waals surface area contributed by atoms with Crippen molar-refractivity contribution in [1.29, 1.82) is 0 Å². The second-order valence-electron chi connectivity index (χ2n) is 3.55. The van der Waals surface area contributed by atoms with Crippen molar-refractivity contribution < 1.29 is 19.1 Å². The number of carbonyl (C=O) groups excluding carboxylic acids is 2. The smallest absolute Gasteiger partial charge is 0.320 e. The lowest BCUT2D eigenvalue weighted by molar-refractivity contribution is -0.144. The third-order valence-electron chi connectivity index (χ3n) is 2.09. The van der Waals surface area contributed by atoms with Crippen LogP contribution < -0.4 is 5.32 Å². The topological polar surface area (TPSA) is 64.6 Å². The number of carbonyl (C=O) groups is 2. The standard InChI is InChI=1S/C13H17NO4/c1-2-17-12(15)8-14-9-13(16)18-10-11-6-4-3-5-7-11/h3-7,14H,2,8-10H2,1H3. The summed E-state index contributed by atoms with van der Waals surface area (Å²) in [6.45, 7) is 2.30. The van der Waals surface area contributed by atoms with Crippen molar-refractivity contribution in [3.8, 4) is 0 Å².